The lowest BCUT2D eigenvalue weighted by Gasteiger charge is -2.13. The zero-order valence-corrected chi connectivity index (χ0v) is 15.3. The van der Waals surface area contributed by atoms with E-state index in [1.165, 1.54) is 25.3 Å². The first-order valence-corrected chi connectivity index (χ1v) is 8.84. The van der Waals surface area contributed by atoms with Crippen LogP contribution in [0.5, 0.6) is 17.2 Å². The van der Waals surface area contributed by atoms with Crippen molar-refractivity contribution in [3.63, 3.8) is 0 Å². The maximum absolute atomic E-state index is 12.5. The number of benzene rings is 2. The lowest BCUT2D eigenvalue weighted by molar-refractivity contribution is -0.0511. The lowest BCUT2D eigenvalue weighted by atomic mass is 10.2. The van der Waals surface area contributed by atoms with E-state index >= 15 is 0 Å². The molecule has 1 heterocycles. The van der Waals surface area contributed by atoms with Crippen molar-refractivity contribution in [1.29, 1.82) is 0 Å². The van der Waals surface area contributed by atoms with Crippen LogP contribution in [-0.2, 0) is 4.74 Å². The van der Waals surface area contributed by atoms with Crippen molar-refractivity contribution >= 4 is 11.6 Å². The number of alkyl halides is 2. The molecule has 0 radical (unpaired) electrons. The van der Waals surface area contributed by atoms with Gasteiger partial charge in [-0.05, 0) is 49.2 Å². The Morgan fingerprint density at radius 1 is 1.21 bits per heavy atom. The van der Waals surface area contributed by atoms with Gasteiger partial charge in [-0.3, -0.25) is 4.79 Å². The number of amides is 1. The molecule has 1 N–H and O–H groups in total. The van der Waals surface area contributed by atoms with E-state index in [4.69, 9.17) is 14.2 Å². The van der Waals surface area contributed by atoms with Gasteiger partial charge in [-0.25, -0.2) is 0 Å². The molecule has 0 aliphatic carbocycles. The molecule has 0 unspecified atom stereocenters. The summed E-state index contributed by atoms with van der Waals surface area (Å²) in [6.45, 7) is -1.76. The molecule has 0 spiro atoms. The Labute approximate surface area is 161 Å². The third-order valence-electron chi connectivity index (χ3n) is 4.21. The van der Waals surface area contributed by atoms with Crippen molar-refractivity contribution < 1.29 is 32.5 Å². The summed E-state index contributed by atoms with van der Waals surface area (Å²) in [5.41, 5.74) is 0.705. The summed E-state index contributed by atoms with van der Waals surface area (Å²) >= 11 is 0. The van der Waals surface area contributed by atoms with Gasteiger partial charge in [-0.1, -0.05) is 0 Å². The molecule has 2 aromatic rings. The predicted molar refractivity (Wildman–Crippen MR) is 98.5 cm³/mol. The fraction of sp³-hybridized carbons (Fsp3) is 0.350. The maximum Gasteiger partial charge on any atom is 0.387 e. The van der Waals surface area contributed by atoms with Crippen LogP contribution in [0.2, 0.25) is 0 Å². The minimum Gasteiger partial charge on any atom is -0.493 e. The van der Waals surface area contributed by atoms with Crippen LogP contribution in [0.4, 0.5) is 14.5 Å². The molecule has 1 saturated heterocycles. The van der Waals surface area contributed by atoms with Gasteiger partial charge in [0.2, 0.25) is 0 Å². The van der Waals surface area contributed by atoms with Gasteiger partial charge >= 0.3 is 6.61 Å². The average Bonchev–Trinajstić information content (AvgIpc) is 3.20. The second-order valence-electron chi connectivity index (χ2n) is 6.17. The Kier molecular flexibility index (Phi) is 6.65. The van der Waals surface area contributed by atoms with Crippen molar-refractivity contribution in [3.8, 4) is 17.2 Å². The van der Waals surface area contributed by atoms with Gasteiger partial charge in [0, 0.05) is 23.9 Å². The van der Waals surface area contributed by atoms with Crippen molar-refractivity contribution in [1.82, 2.24) is 0 Å². The van der Waals surface area contributed by atoms with E-state index < -0.39 is 6.61 Å². The van der Waals surface area contributed by atoms with E-state index in [2.05, 4.69) is 10.1 Å². The highest BCUT2D eigenvalue weighted by Crippen LogP contribution is 2.31. The van der Waals surface area contributed by atoms with E-state index in [-0.39, 0.29) is 23.5 Å². The Balaban J connectivity index is 1.60. The van der Waals surface area contributed by atoms with Crippen LogP contribution in [0.15, 0.2) is 42.5 Å². The van der Waals surface area contributed by atoms with Gasteiger partial charge in [-0.2, -0.15) is 8.78 Å². The molecule has 28 heavy (non-hydrogen) atoms. The Bertz CT molecular complexity index is 792. The SMILES string of the molecule is COc1ccc(NC(=O)c2ccc(OC[C@H]3CCCO3)cc2)cc1OC(F)F. The van der Waals surface area contributed by atoms with Crippen LogP contribution in [0.1, 0.15) is 23.2 Å². The van der Waals surface area contributed by atoms with Gasteiger partial charge in [0.25, 0.3) is 5.91 Å². The van der Waals surface area contributed by atoms with E-state index in [0.29, 0.717) is 23.6 Å². The molecule has 8 heteroatoms. The second-order valence-corrected chi connectivity index (χ2v) is 6.17. The van der Waals surface area contributed by atoms with E-state index in [1.807, 2.05) is 0 Å². The molecule has 1 aliphatic heterocycles. The zero-order chi connectivity index (χ0) is 19.9. The van der Waals surface area contributed by atoms with Gasteiger partial charge in [-0.15, -0.1) is 0 Å². The smallest absolute Gasteiger partial charge is 0.387 e. The molecule has 2 aromatic carbocycles. The molecule has 1 fully saturated rings. The van der Waals surface area contributed by atoms with E-state index in [9.17, 15) is 13.6 Å². The number of halogens is 2. The summed E-state index contributed by atoms with van der Waals surface area (Å²) < 4.78 is 45.6. The van der Waals surface area contributed by atoms with Crippen LogP contribution in [0.3, 0.4) is 0 Å². The number of carbonyl (C=O) groups is 1. The van der Waals surface area contributed by atoms with Crippen molar-refractivity contribution in [2.75, 3.05) is 25.6 Å². The summed E-state index contributed by atoms with van der Waals surface area (Å²) in [4.78, 5) is 12.4. The number of hydrogen-bond acceptors (Lipinski definition) is 5. The third kappa shape index (κ3) is 5.32. The minimum absolute atomic E-state index is 0.114. The normalized spacial score (nSPS) is 16.1. The summed E-state index contributed by atoms with van der Waals surface area (Å²) in [6.07, 6.45) is 2.14. The number of carbonyl (C=O) groups excluding carboxylic acids is 1. The second kappa shape index (κ2) is 9.36. The van der Waals surface area contributed by atoms with Crippen LogP contribution in [-0.4, -0.2) is 38.9 Å². The maximum atomic E-state index is 12.5. The third-order valence-corrected chi connectivity index (χ3v) is 4.21. The largest absolute Gasteiger partial charge is 0.493 e. The molecule has 0 bridgehead atoms. The predicted octanol–water partition coefficient (Wildman–Crippen LogP) is 4.11. The van der Waals surface area contributed by atoms with Gasteiger partial charge in [0.1, 0.15) is 12.4 Å². The molecule has 0 aromatic heterocycles. The fourth-order valence-corrected chi connectivity index (χ4v) is 2.81. The summed E-state index contributed by atoms with van der Waals surface area (Å²) in [6, 6.07) is 10.9. The number of nitrogens with one attached hydrogen (secondary N) is 1. The van der Waals surface area contributed by atoms with Gasteiger partial charge < -0.3 is 24.3 Å². The fourth-order valence-electron chi connectivity index (χ4n) is 2.81. The molecule has 150 valence electrons. The molecule has 1 amide bonds. The minimum atomic E-state index is -3.00. The number of hydrogen-bond donors (Lipinski definition) is 1. The Morgan fingerprint density at radius 2 is 2.00 bits per heavy atom. The zero-order valence-electron chi connectivity index (χ0n) is 15.3. The van der Waals surface area contributed by atoms with Gasteiger partial charge in [0.05, 0.1) is 13.2 Å². The van der Waals surface area contributed by atoms with Crippen molar-refractivity contribution in [3.05, 3.63) is 48.0 Å². The summed E-state index contributed by atoms with van der Waals surface area (Å²) in [5, 5.41) is 2.64. The molecular formula is C20H21F2NO5. The highest BCUT2D eigenvalue weighted by atomic mass is 19.3. The van der Waals surface area contributed by atoms with E-state index in [1.54, 1.807) is 24.3 Å². The molecular weight excluding hydrogens is 372 g/mol. The number of rotatable bonds is 8. The molecule has 6 nitrogen and oxygen atoms in total. The quantitative estimate of drug-likeness (QED) is 0.731. The average molecular weight is 393 g/mol. The Hall–Kier alpha value is -2.87. The van der Waals surface area contributed by atoms with Crippen LogP contribution < -0.4 is 19.5 Å². The standard InChI is InChI=1S/C20H21F2NO5/c1-25-17-9-6-14(11-18(17)28-20(21)22)23-19(24)13-4-7-15(8-5-13)27-12-16-3-2-10-26-16/h4-9,11,16,20H,2-3,10,12H2,1H3,(H,23,24)/t16-/m1/s1. The molecule has 1 aliphatic rings. The number of methoxy groups -OCH3 is 1. The van der Waals surface area contributed by atoms with E-state index in [0.717, 1.165) is 19.4 Å². The van der Waals surface area contributed by atoms with Crippen LogP contribution >= 0.6 is 0 Å². The molecule has 3 rings (SSSR count). The monoisotopic (exact) mass is 393 g/mol. The summed E-state index contributed by atoms with van der Waals surface area (Å²) in [5.74, 6) is 0.238. The first-order valence-electron chi connectivity index (χ1n) is 8.84. The van der Waals surface area contributed by atoms with Crippen molar-refractivity contribution in [2.24, 2.45) is 0 Å². The first kappa shape index (κ1) is 19.9. The highest BCUT2D eigenvalue weighted by Gasteiger charge is 2.16. The molecule has 1 atom stereocenters. The Morgan fingerprint density at radius 3 is 2.64 bits per heavy atom. The van der Waals surface area contributed by atoms with Gasteiger partial charge in [0.15, 0.2) is 11.5 Å². The summed E-state index contributed by atoms with van der Waals surface area (Å²) in [7, 11) is 1.34. The van der Waals surface area contributed by atoms with Crippen molar-refractivity contribution in [2.45, 2.75) is 25.6 Å². The first-order chi connectivity index (χ1) is 13.5. The lowest BCUT2D eigenvalue weighted by Crippen LogP contribution is -2.16. The molecule has 0 saturated carbocycles. The van der Waals surface area contributed by atoms with Crippen LogP contribution in [0, 0.1) is 0 Å². The van der Waals surface area contributed by atoms with Crippen LogP contribution in [0.25, 0.3) is 0 Å². The topological polar surface area (TPSA) is 66.0 Å². The highest BCUT2D eigenvalue weighted by molar-refractivity contribution is 6.04. The number of ether oxygens (including phenoxy) is 4. The number of anilines is 1.